The third-order valence-electron chi connectivity index (χ3n) is 18.2. The number of benzene rings is 3. The molecule has 0 unspecified atom stereocenters. The first-order valence-electron chi connectivity index (χ1n) is 35.8. The van der Waals surface area contributed by atoms with Gasteiger partial charge in [-0.15, -0.1) is 0 Å². The summed E-state index contributed by atoms with van der Waals surface area (Å²) < 4.78 is 0. The first kappa shape index (κ1) is 78.7. The van der Waals surface area contributed by atoms with Crippen LogP contribution in [0.5, 0.6) is 0 Å². The van der Waals surface area contributed by atoms with Crippen molar-refractivity contribution in [2.45, 2.75) is 102 Å². The molecule has 0 bridgehead atoms. The highest BCUT2D eigenvalue weighted by Crippen LogP contribution is 2.37. The second-order valence-corrected chi connectivity index (χ2v) is 25.8. The lowest BCUT2D eigenvalue weighted by Gasteiger charge is -2.07. The number of fused-ring (bicyclic) bond motifs is 6. The minimum absolute atomic E-state index is 0. The third-order valence-corrected chi connectivity index (χ3v) is 18.2. The number of H-pyrrole nitrogens is 6. The Balaban J connectivity index is 0.000000155. The molecule has 0 aliphatic rings. The lowest BCUT2D eigenvalue weighted by molar-refractivity contribution is -0.117. The van der Waals surface area contributed by atoms with Crippen molar-refractivity contribution in [2.75, 3.05) is 16.0 Å². The fourth-order valence-corrected chi connectivity index (χ4v) is 12.7. The topological polar surface area (TPSA) is 401 Å². The largest absolute Gasteiger partial charge is 0.335 e. The Bertz CT molecular complexity index is 6110. The van der Waals surface area contributed by atoms with E-state index in [0.717, 1.165) is 154 Å². The highest BCUT2D eigenvalue weighted by molar-refractivity contribution is 6.02. The molecule has 0 radical (unpaired) electrons. The number of anilines is 3. The van der Waals surface area contributed by atoms with Gasteiger partial charge >= 0.3 is 0 Å². The molecule has 0 saturated carbocycles. The van der Waals surface area contributed by atoms with E-state index in [9.17, 15) is 14.4 Å². The standard InChI is InChI=1S/C28H24N8O.C27H23N9O.C26H21N9O.4CH4/c1-2-3-6-25(37)32-20-10-19(13-30-14-20)17-7-8-23-21(11-17)27(36-35-23)28-33-24-16-31-15-22(26(24)34-28)18-5-4-9-29-12-18;1-2-3-6-23(37)33-27-30-11-9-20(32-27)16-7-8-21-18(12-16)25(36-35-21)26-31-22-15-29-14-19(24(22)34-26)17-5-4-10-28-13-17;1-2-4-22(36)32-26-29-10-8-19(31-26)15-6-7-20-17(11-15)24(35-34-20)25-30-21-14-28-13-18(23(21)33-25)16-5-3-9-27-12-16;;;;/h4-5,7-16H,2-3,6H2,1H3,(H,32,37)(H,33,34)(H,35,36);4-5,7-15H,2-3,6H2,1H3,(H,31,34)(H,35,36)(H,30,32,33,37);3,5-14H,2,4H2,1H3,(H,30,33)(H,34,35)(H,29,31,32,36);4*1H4. The van der Waals surface area contributed by atoms with Crippen molar-refractivity contribution in [1.29, 1.82) is 0 Å². The maximum atomic E-state index is 12.2. The number of amides is 3. The fraction of sp³-hybridized carbons (Fsp3) is 0.176. The molecule has 3 amide bonds. The number of unbranched alkanes of at least 4 members (excludes halogenated alkanes) is 2. The third kappa shape index (κ3) is 16.9. The van der Waals surface area contributed by atoms with Gasteiger partial charge in [-0.3, -0.25) is 75.2 Å². The van der Waals surface area contributed by atoms with Crippen LogP contribution >= 0.6 is 0 Å². The van der Waals surface area contributed by atoms with E-state index in [2.05, 4.69) is 129 Å². The number of rotatable bonds is 20. The zero-order valence-electron chi connectivity index (χ0n) is 59.6. The van der Waals surface area contributed by atoms with E-state index in [1.54, 1.807) is 99.1 Å². The summed E-state index contributed by atoms with van der Waals surface area (Å²) in [5, 5.41) is 34.1. The molecule has 114 heavy (non-hydrogen) atoms. The van der Waals surface area contributed by atoms with E-state index in [-0.39, 0.29) is 53.4 Å². The van der Waals surface area contributed by atoms with Gasteiger partial charge in [0.25, 0.3) is 0 Å². The molecule has 0 aliphatic carbocycles. The van der Waals surface area contributed by atoms with E-state index in [4.69, 9.17) is 15.0 Å². The summed E-state index contributed by atoms with van der Waals surface area (Å²) in [7, 11) is 0. The first-order valence-corrected chi connectivity index (χ1v) is 35.8. The van der Waals surface area contributed by atoms with Crippen LogP contribution in [0.15, 0.2) is 208 Å². The molecule has 0 spiro atoms. The Morgan fingerprint density at radius 3 is 1.11 bits per heavy atom. The molecule has 18 aromatic rings. The van der Waals surface area contributed by atoms with Crippen molar-refractivity contribution in [3.8, 4) is 102 Å². The first-order chi connectivity index (χ1) is 54.1. The predicted molar refractivity (Wildman–Crippen MR) is 449 cm³/mol. The molecule has 15 aromatic heterocycles. The molecule has 0 fully saturated rings. The van der Waals surface area contributed by atoms with Crippen molar-refractivity contribution >= 4 is 101 Å². The summed E-state index contributed by atoms with van der Waals surface area (Å²) in [6, 6.07) is 35.0. The number of carbonyl (C=O) groups excluding carboxylic acids is 3. The second kappa shape index (κ2) is 35.6. The number of hydrogen-bond acceptors (Lipinski definition) is 20. The number of carbonyl (C=O) groups is 3. The summed E-state index contributed by atoms with van der Waals surface area (Å²) >= 11 is 0. The Morgan fingerprint density at radius 2 is 0.711 bits per heavy atom. The van der Waals surface area contributed by atoms with Gasteiger partial charge in [0.15, 0.2) is 17.5 Å². The van der Waals surface area contributed by atoms with Gasteiger partial charge in [0.05, 0.1) is 75.0 Å². The van der Waals surface area contributed by atoms with Crippen LogP contribution in [0.3, 0.4) is 0 Å². The maximum absolute atomic E-state index is 12.2. The van der Waals surface area contributed by atoms with Gasteiger partial charge in [-0.25, -0.2) is 34.9 Å². The number of imidazole rings is 3. The molecule has 0 aliphatic heterocycles. The number of hydrogen-bond donors (Lipinski definition) is 9. The molecular formula is C85H84N26O3. The van der Waals surface area contributed by atoms with Crippen LogP contribution in [-0.4, -0.2) is 133 Å². The molecule has 0 saturated heterocycles. The summed E-state index contributed by atoms with van der Waals surface area (Å²) in [6.45, 7) is 6.07. The summed E-state index contributed by atoms with van der Waals surface area (Å²) in [5.74, 6) is 2.28. The van der Waals surface area contributed by atoms with Gasteiger partial charge < -0.3 is 20.3 Å². The van der Waals surface area contributed by atoms with Crippen LogP contribution in [0.2, 0.25) is 0 Å². The average molecular weight is 1520 g/mol. The highest BCUT2D eigenvalue weighted by Gasteiger charge is 2.22. The normalized spacial score (nSPS) is 10.9. The van der Waals surface area contributed by atoms with Crippen molar-refractivity contribution in [2.24, 2.45) is 0 Å². The van der Waals surface area contributed by atoms with Gasteiger partial charge in [-0.2, -0.15) is 15.3 Å². The maximum Gasteiger partial charge on any atom is 0.229 e. The second-order valence-electron chi connectivity index (χ2n) is 25.8. The van der Waals surface area contributed by atoms with Gasteiger partial charge in [-0.05, 0) is 97.6 Å². The number of nitrogens with zero attached hydrogens (tertiary/aromatic N) is 17. The van der Waals surface area contributed by atoms with Crippen molar-refractivity contribution in [3.05, 3.63) is 208 Å². The van der Waals surface area contributed by atoms with Gasteiger partial charge in [0.2, 0.25) is 29.6 Å². The number of aromatic nitrogens is 23. The fourth-order valence-electron chi connectivity index (χ4n) is 12.7. The zero-order chi connectivity index (χ0) is 74.9. The van der Waals surface area contributed by atoms with E-state index in [0.29, 0.717) is 76.8 Å². The minimum Gasteiger partial charge on any atom is -0.335 e. The summed E-state index contributed by atoms with van der Waals surface area (Å²) in [4.78, 5) is 109. The Hall–Kier alpha value is -14.9. The lowest BCUT2D eigenvalue weighted by atomic mass is 10.0. The average Bonchev–Trinajstić information content (AvgIpc) is 1.63. The quantitative estimate of drug-likeness (QED) is 0.0342. The minimum atomic E-state index is -0.104. The Morgan fingerprint density at radius 1 is 0.333 bits per heavy atom. The number of aromatic amines is 6. The van der Waals surface area contributed by atoms with Crippen LogP contribution < -0.4 is 16.0 Å². The molecule has 29 nitrogen and oxygen atoms in total. The molecular weight excluding hydrogens is 1430 g/mol. The van der Waals surface area contributed by atoms with Crippen molar-refractivity contribution in [3.63, 3.8) is 0 Å². The molecule has 15 heterocycles. The number of nitrogens with one attached hydrogen (secondary N) is 9. The molecule has 572 valence electrons. The van der Waals surface area contributed by atoms with Gasteiger partial charge in [0, 0.05) is 160 Å². The molecule has 18 rings (SSSR count). The van der Waals surface area contributed by atoms with Gasteiger partial charge in [-0.1, -0.05) is 99.7 Å². The van der Waals surface area contributed by atoms with Crippen molar-refractivity contribution in [1.82, 2.24) is 115 Å². The summed E-state index contributed by atoms with van der Waals surface area (Å²) in [6.07, 6.45) is 33.7. The van der Waals surface area contributed by atoms with Crippen LogP contribution in [0.25, 0.3) is 167 Å². The van der Waals surface area contributed by atoms with E-state index >= 15 is 0 Å². The highest BCUT2D eigenvalue weighted by atomic mass is 16.2. The Labute approximate surface area is 655 Å². The lowest BCUT2D eigenvalue weighted by Crippen LogP contribution is -2.13. The summed E-state index contributed by atoms with van der Waals surface area (Å²) in [5.41, 5.74) is 20.7. The monoisotopic (exact) mass is 1520 g/mol. The van der Waals surface area contributed by atoms with Crippen molar-refractivity contribution < 1.29 is 14.4 Å². The zero-order valence-corrected chi connectivity index (χ0v) is 59.6. The van der Waals surface area contributed by atoms with Crippen LogP contribution in [-0.2, 0) is 14.4 Å². The van der Waals surface area contributed by atoms with Crippen LogP contribution in [0.4, 0.5) is 17.6 Å². The van der Waals surface area contributed by atoms with Gasteiger partial charge in [0.1, 0.15) is 33.6 Å². The molecule has 9 N–H and O–H groups in total. The van der Waals surface area contributed by atoms with Crippen LogP contribution in [0.1, 0.15) is 102 Å². The molecule has 29 heteroatoms. The molecule has 0 atom stereocenters. The van der Waals surface area contributed by atoms with E-state index < -0.39 is 0 Å². The number of pyridine rings is 7. The van der Waals surface area contributed by atoms with E-state index in [1.165, 1.54) is 0 Å². The smallest absolute Gasteiger partial charge is 0.229 e. The van der Waals surface area contributed by atoms with Crippen LogP contribution in [0, 0.1) is 0 Å². The van der Waals surface area contributed by atoms with E-state index in [1.807, 2.05) is 117 Å². The predicted octanol–water partition coefficient (Wildman–Crippen LogP) is 18.2. The SMILES string of the molecule is C.C.C.C.CCCC(=O)Nc1nccc(-c2ccc3[nH]nc(-c4nc5c(-c6cccnc6)cncc5[nH]4)c3c2)n1.CCCCC(=O)Nc1cncc(-c2ccc3[nH]nc(-c4nc5c(-c6cccnc6)cncc5[nH]4)c3c2)c1.CCCCC(=O)Nc1nccc(-c2ccc3[nH]nc(-c4nc5c(-c6cccnc6)cncc5[nH]4)c3c2)n1. The Kier molecular flexibility index (Phi) is 24.6. The molecule has 3 aromatic carbocycles.